The quantitative estimate of drug-likeness (QED) is 0.103. The lowest BCUT2D eigenvalue weighted by atomic mass is 10.0. The molecule has 0 saturated carbocycles. The Bertz CT molecular complexity index is 1530. The monoisotopic (exact) mass is 606 g/mol. The van der Waals surface area contributed by atoms with Crippen LogP contribution in [0.4, 0.5) is 0 Å². The minimum Gasteiger partial charge on any atom is -0.504 e. The van der Waals surface area contributed by atoms with Crippen LogP contribution >= 0.6 is 0 Å². The van der Waals surface area contributed by atoms with Gasteiger partial charge in [0.15, 0.2) is 76.3 Å². The first-order valence-electron chi connectivity index (χ1n) is 11.8. The lowest BCUT2D eigenvalue weighted by Gasteiger charge is -2.38. The Morgan fingerprint density at radius 3 is 1.19 bits per heavy atom. The molecule has 3 aromatic carbocycles. The van der Waals surface area contributed by atoms with E-state index in [4.69, 9.17) is 18.9 Å². The summed E-state index contributed by atoms with van der Waals surface area (Å²) in [4.78, 5) is 38.6. The van der Waals surface area contributed by atoms with E-state index in [1.54, 1.807) is 0 Å². The number of aliphatic hydroxyl groups excluding tert-OH is 1. The van der Waals surface area contributed by atoms with Crippen LogP contribution < -0.4 is 0 Å². The van der Waals surface area contributed by atoms with Crippen LogP contribution in [0.1, 0.15) is 31.1 Å². The first kappa shape index (κ1) is 30.2. The minimum absolute atomic E-state index is 0.513. The van der Waals surface area contributed by atoms with Crippen molar-refractivity contribution in [3.63, 3.8) is 0 Å². The van der Waals surface area contributed by atoms with Gasteiger partial charge in [-0.3, -0.25) is 0 Å². The molecule has 10 N–H and O–H groups in total. The van der Waals surface area contributed by atoms with Crippen LogP contribution in [0, 0.1) is 0 Å². The summed E-state index contributed by atoms with van der Waals surface area (Å²) in [6.45, 7) is -0.707. The average molecular weight is 606 g/mol. The predicted octanol–water partition coefficient (Wildman–Crippen LogP) is 0.362. The van der Waals surface area contributed by atoms with Gasteiger partial charge in [-0.25, -0.2) is 14.4 Å². The van der Waals surface area contributed by atoms with Gasteiger partial charge in [0.1, 0.15) is 0 Å². The van der Waals surface area contributed by atoms with Crippen LogP contribution in [0.2, 0.25) is 0 Å². The van der Waals surface area contributed by atoms with Gasteiger partial charge in [-0.1, -0.05) is 0 Å². The van der Waals surface area contributed by atoms with Crippen molar-refractivity contribution in [2.75, 3.05) is 6.61 Å². The third-order valence-electron chi connectivity index (χ3n) is 6.06. The maximum atomic E-state index is 13.0. The Hall–Kier alpha value is -5.81. The molecule has 4 atom stereocenters. The van der Waals surface area contributed by atoms with Crippen molar-refractivity contribution in [3.05, 3.63) is 53.1 Å². The van der Waals surface area contributed by atoms with Crippen LogP contribution in [-0.4, -0.2) is 100 Å². The number of phenolic OH excluding ortho intramolecular Hbond substituents is 9. The number of hydrogen-bond donors (Lipinski definition) is 10. The largest absolute Gasteiger partial charge is 0.504 e. The zero-order valence-corrected chi connectivity index (χ0v) is 21.3. The van der Waals surface area contributed by atoms with Crippen LogP contribution in [0.5, 0.6) is 51.7 Å². The predicted molar refractivity (Wildman–Crippen MR) is 134 cm³/mol. The van der Waals surface area contributed by atoms with Crippen molar-refractivity contribution >= 4 is 17.9 Å². The van der Waals surface area contributed by atoms with Crippen LogP contribution in [0.3, 0.4) is 0 Å². The van der Waals surface area contributed by atoms with Crippen LogP contribution in [0.15, 0.2) is 36.4 Å². The number of aromatic hydroxyl groups is 9. The highest BCUT2D eigenvalue weighted by Crippen LogP contribution is 2.38. The van der Waals surface area contributed by atoms with E-state index in [1.807, 2.05) is 0 Å². The van der Waals surface area contributed by atoms with E-state index in [2.05, 4.69) is 0 Å². The second-order valence-electron chi connectivity index (χ2n) is 9.00. The molecule has 3 aromatic rings. The van der Waals surface area contributed by atoms with Gasteiger partial charge in [0.05, 0.1) is 23.3 Å². The van der Waals surface area contributed by atoms with Gasteiger partial charge >= 0.3 is 17.9 Å². The molecule has 1 fully saturated rings. The number of carbonyl (C=O) groups excluding carboxylic acids is 3. The van der Waals surface area contributed by atoms with Gasteiger partial charge in [-0.05, 0) is 36.4 Å². The lowest BCUT2D eigenvalue weighted by Crippen LogP contribution is -2.57. The van der Waals surface area contributed by atoms with E-state index in [0.29, 0.717) is 24.3 Å². The molecular formula is C26H22O17. The summed E-state index contributed by atoms with van der Waals surface area (Å²) < 4.78 is 20.9. The fourth-order valence-corrected chi connectivity index (χ4v) is 3.88. The SMILES string of the molecule is O=C(O[C@@H]1[C@H](OC(=O)c2cc(O)c(O)c(O)c2)[C@H](OC(=O)c2cc(O)c(O)c(O)c2)CO[C@@H]1O)c1cc(O)c(O)c(O)c1. The fraction of sp³-hybridized carbons (Fsp3) is 0.192. The smallest absolute Gasteiger partial charge is 0.339 e. The van der Waals surface area contributed by atoms with Gasteiger partial charge < -0.3 is 70.0 Å². The van der Waals surface area contributed by atoms with E-state index >= 15 is 0 Å². The topological polar surface area (TPSA) is 290 Å². The third-order valence-corrected chi connectivity index (χ3v) is 6.06. The second-order valence-corrected chi connectivity index (χ2v) is 9.00. The zero-order valence-electron chi connectivity index (χ0n) is 21.3. The normalized spacial score (nSPS) is 19.7. The summed E-state index contributed by atoms with van der Waals surface area (Å²) in [6, 6.07) is 4.22. The van der Waals surface area contributed by atoms with Crippen molar-refractivity contribution < 1.29 is 84.4 Å². The van der Waals surface area contributed by atoms with Gasteiger partial charge in [-0.2, -0.15) is 0 Å². The molecule has 0 aromatic heterocycles. The van der Waals surface area contributed by atoms with Crippen molar-refractivity contribution in [2.45, 2.75) is 24.6 Å². The first-order valence-corrected chi connectivity index (χ1v) is 11.8. The Morgan fingerprint density at radius 2 is 0.837 bits per heavy atom. The Morgan fingerprint density at radius 1 is 0.535 bits per heavy atom. The number of carbonyl (C=O) groups is 3. The van der Waals surface area contributed by atoms with E-state index < -0.39 is 118 Å². The van der Waals surface area contributed by atoms with Gasteiger partial charge in [0, 0.05) is 0 Å². The molecule has 0 unspecified atom stereocenters. The standard InChI is InChI=1S/C26H22O17/c27-11-1-8(2-12(28)18(11)33)23(36)41-17-7-40-26(39)22(43-25(38)10-5-15(31)20(35)16(32)6-10)21(17)42-24(37)9-3-13(29)19(34)14(30)4-9/h1-6,17,21-22,26-35,39H,7H2/t17-,21-,22-,26+/m1/s1. The number of hydrogen-bond acceptors (Lipinski definition) is 17. The molecule has 17 nitrogen and oxygen atoms in total. The molecule has 0 radical (unpaired) electrons. The average Bonchev–Trinajstić information content (AvgIpc) is 2.95. The van der Waals surface area contributed by atoms with Crippen molar-refractivity contribution in [3.8, 4) is 51.7 Å². The van der Waals surface area contributed by atoms with Gasteiger partial charge in [0.25, 0.3) is 0 Å². The summed E-state index contributed by atoms with van der Waals surface area (Å²) in [5.41, 5.74) is -1.64. The Kier molecular flexibility index (Phi) is 8.13. The summed E-state index contributed by atoms with van der Waals surface area (Å²) in [5.74, 6) is -12.4. The number of ether oxygens (including phenoxy) is 4. The summed E-state index contributed by atoms with van der Waals surface area (Å²) >= 11 is 0. The van der Waals surface area contributed by atoms with Crippen LogP contribution in [-0.2, 0) is 18.9 Å². The van der Waals surface area contributed by atoms with Crippen molar-refractivity contribution in [1.29, 1.82) is 0 Å². The van der Waals surface area contributed by atoms with Gasteiger partial charge in [0.2, 0.25) is 0 Å². The molecule has 1 aliphatic heterocycles. The molecule has 43 heavy (non-hydrogen) atoms. The second kappa shape index (κ2) is 11.6. The number of benzene rings is 3. The molecule has 1 heterocycles. The summed E-state index contributed by atoms with van der Waals surface area (Å²) in [5, 5.41) is 97.5. The lowest BCUT2D eigenvalue weighted by molar-refractivity contribution is -0.251. The van der Waals surface area contributed by atoms with Crippen molar-refractivity contribution in [1.82, 2.24) is 0 Å². The number of phenols is 9. The van der Waals surface area contributed by atoms with Crippen molar-refractivity contribution in [2.24, 2.45) is 0 Å². The Balaban J connectivity index is 1.68. The summed E-state index contributed by atoms with van der Waals surface area (Å²) in [6.07, 6.45) is -7.71. The van der Waals surface area contributed by atoms with Gasteiger partial charge in [-0.15, -0.1) is 0 Å². The minimum atomic E-state index is -2.06. The van der Waals surface area contributed by atoms with E-state index in [9.17, 15) is 65.4 Å². The molecular weight excluding hydrogens is 584 g/mol. The highest BCUT2D eigenvalue weighted by atomic mass is 16.7. The molecule has 4 rings (SSSR count). The van der Waals surface area contributed by atoms with E-state index in [0.717, 1.165) is 12.1 Å². The Labute approximate surface area is 238 Å². The number of aliphatic hydroxyl groups is 1. The highest BCUT2D eigenvalue weighted by Gasteiger charge is 2.47. The number of rotatable bonds is 6. The molecule has 228 valence electrons. The molecule has 0 aliphatic carbocycles. The highest BCUT2D eigenvalue weighted by molar-refractivity contribution is 5.93. The third kappa shape index (κ3) is 6.11. The van der Waals surface area contributed by atoms with Crippen LogP contribution in [0.25, 0.3) is 0 Å². The van der Waals surface area contributed by atoms with E-state index in [1.165, 1.54) is 0 Å². The van der Waals surface area contributed by atoms with E-state index in [-0.39, 0.29) is 0 Å². The maximum absolute atomic E-state index is 13.0. The number of esters is 3. The molecule has 1 aliphatic rings. The molecule has 0 spiro atoms. The zero-order chi connectivity index (χ0) is 31.7. The molecule has 0 bridgehead atoms. The summed E-state index contributed by atoms with van der Waals surface area (Å²) in [7, 11) is 0. The fourth-order valence-electron chi connectivity index (χ4n) is 3.88. The molecule has 0 amide bonds. The maximum Gasteiger partial charge on any atom is 0.339 e. The molecule has 1 saturated heterocycles. The molecule has 17 heteroatoms. The first-order chi connectivity index (χ1) is 20.2.